The molecule has 1 aliphatic rings. The smallest absolute Gasteiger partial charge is 0.243 e. The van der Waals surface area contributed by atoms with Crippen LogP contribution in [0.2, 0.25) is 0 Å². The molecule has 1 aliphatic heterocycles. The normalized spacial score (nSPS) is 19.4. The molecule has 6 nitrogen and oxygen atoms in total. The summed E-state index contributed by atoms with van der Waals surface area (Å²) in [5.74, 6) is -0.550. The van der Waals surface area contributed by atoms with Gasteiger partial charge in [-0.1, -0.05) is 0 Å². The molecule has 0 saturated carbocycles. The Hall–Kier alpha value is -1.93. The van der Waals surface area contributed by atoms with Crippen LogP contribution in [-0.4, -0.2) is 42.7 Å². The van der Waals surface area contributed by atoms with E-state index >= 15 is 0 Å². The fourth-order valence-corrected chi connectivity index (χ4v) is 4.58. The maximum absolute atomic E-state index is 13.9. The molecule has 0 amide bonds. The number of aryl methyl sites for hydroxylation is 1. The van der Waals surface area contributed by atoms with E-state index in [0.29, 0.717) is 13.1 Å². The van der Waals surface area contributed by atoms with Crippen LogP contribution in [0.1, 0.15) is 24.3 Å². The SMILES string of the molecule is COc1ccc(S(=O)(=O)N2CCCC(c3cnn(C)c3)C2)cc1F. The molecular weight excluding hydrogens is 333 g/mol. The molecule has 1 atom stereocenters. The maximum Gasteiger partial charge on any atom is 0.243 e. The quantitative estimate of drug-likeness (QED) is 0.845. The van der Waals surface area contributed by atoms with E-state index in [9.17, 15) is 12.8 Å². The van der Waals surface area contributed by atoms with Gasteiger partial charge in [0.05, 0.1) is 18.2 Å². The molecule has 1 fully saturated rings. The van der Waals surface area contributed by atoms with E-state index in [1.807, 2.05) is 13.2 Å². The second-order valence-electron chi connectivity index (χ2n) is 5.95. The standard InChI is InChI=1S/C16H20FN3O3S/c1-19-10-13(9-18-19)12-4-3-7-20(11-12)24(21,22)14-5-6-16(23-2)15(17)8-14/h5-6,8-10,12H,3-4,7,11H2,1-2H3. The number of ether oxygens (including phenoxy) is 1. The zero-order chi connectivity index (χ0) is 17.3. The molecule has 2 heterocycles. The number of nitrogens with zero attached hydrogens (tertiary/aromatic N) is 3. The number of halogens is 1. The zero-order valence-corrected chi connectivity index (χ0v) is 14.5. The first-order chi connectivity index (χ1) is 11.4. The number of piperidine rings is 1. The van der Waals surface area contributed by atoms with Gasteiger partial charge in [0.2, 0.25) is 10.0 Å². The molecule has 1 unspecified atom stereocenters. The molecule has 3 rings (SSSR count). The second-order valence-corrected chi connectivity index (χ2v) is 7.88. The van der Waals surface area contributed by atoms with Crippen molar-refractivity contribution >= 4 is 10.0 Å². The third-order valence-corrected chi connectivity index (χ3v) is 6.20. The van der Waals surface area contributed by atoms with Gasteiger partial charge in [0.25, 0.3) is 0 Å². The largest absolute Gasteiger partial charge is 0.494 e. The molecule has 0 N–H and O–H groups in total. The van der Waals surface area contributed by atoms with Gasteiger partial charge in [-0.2, -0.15) is 9.40 Å². The van der Waals surface area contributed by atoms with Crippen LogP contribution in [0, 0.1) is 5.82 Å². The van der Waals surface area contributed by atoms with E-state index in [1.165, 1.54) is 23.5 Å². The summed E-state index contributed by atoms with van der Waals surface area (Å²) in [6.45, 7) is 0.814. The number of sulfonamides is 1. The van der Waals surface area contributed by atoms with Crippen LogP contribution >= 0.6 is 0 Å². The third kappa shape index (κ3) is 3.16. The predicted octanol–water partition coefficient (Wildman–Crippen LogP) is 2.14. The second kappa shape index (κ2) is 6.52. The molecule has 0 radical (unpaired) electrons. The molecule has 0 spiro atoms. The minimum Gasteiger partial charge on any atom is -0.494 e. The van der Waals surface area contributed by atoms with Crippen molar-refractivity contribution in [2.45, 2.75) is 23.7 Å². The van der Waals surface area contributed by atoms with Gasteiger partial charge in [-0.05, 0) is 36.6 Å². The molecule has 0 bridgehead atoms. The summed E-state index contributed by atoms with van der Waals surface area (Å²) in [6.07, 6.45) is 5.35. The maximum atomic E-state index is 13.9. The summed E-state index contributed by atoms with van der Waals surface area (Å²) in [5, 5.41) is 4.15. The van der Waals surface area contributed by atoms with Crippen LogP contribution in [0.5, 0.6) is 5.75 Å². The molecule has 130 valence electrons. The molecule has 1 aromatic heterocycles. The third-order valence-electron chi connectivity index (χ3n) is 4.34. The van der Waals surface area contributed by atoms with Gasteiger partial charge in [0, 0.05) is 32.3 Å². The Morgan fingerprint density at radius 3 is 2.79 bits per heavy atom. The number of rotatable bonds is 4. The van der Waals surface area contributed by atoms with Gasteiger partial charge in [0.15, 0.2) is 11.6 Å². The van der Waals surface area contributed by atoms with Crippen LogP contribution in [-0.2, 0) is 17.1 Å². The topological polar surface area (TPSA) is 64.4 Å². The first-order valence-electron chi connectivity index (χ1n) is 7.74. The summed E-state index contributed by atoms with van der Waals surface area (Å²) < 4.78 is 47.5. The number of benzene rings is 1. The molecule has 8 heteroatoms. The van der Waals surface area contributed by atoms with Crippen molar-refractivity contribution in [1.82, 2.24) is 14.1 Å². The minimum absolute atomic E-state index is 0.0285. The highest BCUT2D eigenvalue weighted by Crippen LogP contribution is 2.31. The Bertz CT molecular complexity index is 835. The molecule has 1 aromatic carbocycles. The van der Waals surface area contributed by atoms with E-state index in [-0.39, 0.29) is 16.6 Å². The molecule has 2 aromatic rings. The van der Waals surface area contributed by atoms with Gasteiger partial charge in [-0.25, -0.2) is 12.8 Å². The van der Waals surface area contributed by atoms with Gasteiger partial charge in [-0.3, -0.25) is 4.68 Å². The van der Waals surface area contributed by atoms with Gasteiger partial charge in [0.1, 0.15) is 0 Å². The van der Waals surface area contributed by atoms with Crippen molar-refractivity contribution in [2.75, 3.05) is 20.2 Å². The Morgan fingerprint density at radius 2 is 2.17 bits per heavy atom. The summed E-state index contributed by atoms with van der Waals surface area (Å²) in [7, 11) is -0.556. The predicted molar refractivity (Wildman–Crippen MR) is 86.9 cm³/mol. The fourth-order valence-electron chi connectivity index (χ4n) is 3.04. The average molecular weight is 353 g/mol. The van der Waals surface area contributed by atoms with E-state index in [4.69, 9.17) is 4.74 Å². The van der Waals surface area contributed by atoms with Gasteiger partial charge in [-0.15, -0.1) is 0 Å². The lowest BCUT2D eigenvalue weighted by Crippen LogP contribution is -2.39. The van der Waals surface area contributed by atoms with Crippen LogP contribution < -0.4 is 4.74 Å². The number of methoxy groups -OCH3 is 1. The molecular formula is C16H20FN3O3S. The van der Waals surface area contributed by atoms with E-state index in [2.05, 4.69) is 5.10 Å². The Morgan fingerprint density at radius 1 is 1.38 bits per heavy atom. The zero-order valence-electron chi connectivity index (χ0n) is 13.6. The lowest BCUT2D eigenvalue weighted by molar-refractivity contribution is 0.315. The average Bonchev–Trinajstić information content (AvgIpc) is 3.01. The van der Waals surface area contributed by atoms with Crippen LogP contribution in [0.25, 0.3) is 0 Å². The Kier molecular flexibility index (Phi) is 4.60. The van der Waals surface area contributed by atoms with E-state index < -0.39 is 15.8 Å². The first-order valence-corrected chi connectivity index (χ1v) is 9.18. The van der Waals surface area contributed by atoms with E-state index in [1.54, 1.807) is 10.9 Å². The summed E-state index contributed by atoms with van der Waals surface area (Å²) in [6, 6.07) is 3.73. The lowest BCUT2D eigenvalue weighted by Gasteiger charge is -2.31. The highest BCUT2D eigenvalue weighted by Gasteiger charge is 2.31. The lowest BCUT2D eigenvalue weighted by atomic mass is 9.94. The van der Waals surface area contributed by atoms with Crippen molar-refractivity contribution in [1.29, 1.82) is 0 Å². The number of hydrogen-bond donors (Lipinski definition) is 0. The Labute approximate surface area is 140 Å². The minimum atomic E-state index is -3.73. The van der Waals surface area contributed by atoms with E-state index in [0.717, 1.165) is 24.5 Å². The van der Waals surface area contributed by atoms with Crippen molar-refractivity contribution in [2.24, 2.45) is 7.05 Å². The van der Waals surface area contributed by atoms with Crippen molar-refractivity contribution < 1.29 is 17.5 Å². The van der Waals surface area contributed by atoms with Crippen molar-refractivity contribution in [3.8, 4) is 5.75 Å². The van der Waals surface area contributed by atoms with Crippen LogP contribution in [0.4, 0.5) is 4.39 Å². The van der Waals surface area contributed by atoms with Gasteiger partial charge >= 0.3 is 0 Å². The van der Waals surface area contributed by atoms with Crippen molar-refractivity contribution in [3.63, 3.8) is 0 Å². The molecule has 1 saturated heterocycles. The highest BCUT2D eigenvalue weighted by molar-refractivity contribution is 7.89. The highest BCUT2D eigenvalue weighted by atomic mass is 32.2. The summed E-state index contributed by atoms with van der Waals surface area (Å²) >= 11 is 0. The molecule has 0 aliphatic carbocycles. The number of aromatic nitrogens is 2. The molecule has 24 heavy (non-hydrogen) atoms. The summed E-state index contributed by atoms with van der Waals surface area (Å²) in [5.41, 5.74) is 1.03. The van der Waals surface area contributed by atoms with Crippen LogP contribution in [0.15, 0.2) is 35.5 Å². The van der Waals surface area contributed by atoms with Crippen LogP contribution in [0.3, 0.4) is 0 Å². The first kappa shape index (κ1) is 16.9. The summed E-state index contributed by atoms with van der Waals surface area (Å²) in [4.78, 5) is -0.0485. The van der Waals surface area contributed by atoms with Crippen molar-refractivity contribution in [3.05, 3.63) is 42.0 Å². The van der Waals surface area contributed by atoms with Gasteiger partial charge < -0.3 is 4.74 Å². The monoisotopic (exact) mass is 353 g/mol. The fraction of sp³-hybridized carbons (Fsp3) is 0.438. The number of hydrogen-bond acceptors (Lipinski definition) is 4. The Balaban J connectivity index is 1.85.